The van der Waals surface area contributed by atoms with Gasteiger partial charge in [0.1, 0.15) is 17.2 Å². The Morgan fingerprint density at radius 2 is 1.05 bits per heavy atom. The van der Waals surface area contributed by atoms with Crippen LogP contribution in [0.4, 0.5) is 27.8 Å². The Labute approximate surface area is 452 Å². The molecule has 0 unspecified atom stereocenters. The summed E-state index contributed by atoms with van der Waals surface area (Å²) < 4.78 is 59.4. The number of anilines is 4. The lowest BCUT2D eigenvalue weighted by atomic mass is 9.98. The number of benzene rings is 2. The molecule has 0 spiro atoms. The van der Waals surface area contributed by atoms with E-state index >= 15 is 0 Å². The first-order valence-electron chi connectivity index (χ1n) is 25.1. The summed E-state index contributed by atoms with van der Waals surface area (Å²) in [6.45, 7) is 15.2. The maximum Gasteiger partial charge on any atom is 0.410 e. The molecular weight excluding hydrogens is 1060 g/mol. The maximum atomic E-state index is 13.7. The van der Waals surface area contributed by atoms with Crippen LogP contribution < -0.4 is 19.2 Å². The van der Waals surface area contributed by atoms with Gasteiger partial charge in [-0.3, -0.25) is 19.1 Å². The number of carbonyl (C=O) groups excluding carboxylic acids is 2. The number of amides is 2. The molecule has 0 radical (unpaired) electrons. The van der Waals surface area contributed by atoms with Gasteiger partial charge < -0.3 is 24.5 Å². The van der Waals surface area contributed by atoms with E-state index in [0.717, 1.165) is 123 Å². The number of ether oxygens (including phenoxy) is 1. The fourth-order valence-electron chi connectivity index (χ4n) is 9.37. The van der Waals surface area contributed by atoms with E-state index in [9.17, 15) is 31.2 Å². The number of aromatic nitrogens is 6. The van der Waals surface area contributed by atoms with Gasteiger partial charge in [0, 0.05) is 85.0 Å². The standard InChI is InChI=1S/C23H27ClN6O3S.C20H29N5O2.C8H8ClNO4S/c1-15-12-21(28-9-5-10-28)25-22-14-19(26-30(15)22)20-6-3-4-11-29(20)23(31)17-13-16(24)7-8-18(17)27-34(2,32)33;1-14-12-17(23-9-7-10-23)21-18-13-15(22-25(14)18)16-8-5-6-11-24(16)19(26)27-20(2,3)4;1-15(13,14)10-7-3-2-5(9)4-6(7)8(11)12/h7-8,12-14,20,27H,3-6,9-11H2,1-2H3;12-13,16H,5-11H2,1-4H3;2-4,10H,1H3,(H,11,12)/t20-;16-;/m00./s1. The van der Waals surface area contributed by atoms with Crippen molar-refractivity contribution in [2.24, 2.45) is 0 Å². The first-order chi connectivity index (χ1) is 35.8. The summed E-state index contributed by atoms with van der Waals surface area (Å²) in [4.78, 5) is 54.9. The molecule has 0 aliphatic carbocycles. The molecule has 0 saturated carbocycles. The molecule has 2 atom stereocenters. The minimum atomic E-state index is -3.56. The van der Waals surface area contributed by atoms with Gasteiger partial charge in [0.05, 0.1) is 58.5 Å². The summed E-state index contributed by atoms with van der Waals surface area (Å²) in [5.41, 5.74) is 5.09. The van der Waals surface area contributed by atoms with Crippen LogP contribution in [0.25, 0.3) is 11.3 Å². The number of fused-ring (bicyclic) bond motifs is 2. The predicted octanol–water partition coefficient (Wildman–Crippen LogP) is 8.76. The highest BCUT2D eigenvalue weighted by molar-refractivity contribution is 7.92. The molecule has 76 heavy (non-hydrogen) atoms. The number of carboxylic acid groups (broad SMARTS) is 1. The average molecular weight is 1120 g/mol. The maximum absolute atomic E-state index is 13.7. The van der Waals surface area contributed by atoms with Crippen molar-refractivity contribution in [1.29, 1.82) is 0 Å². The van der Waals surface area contributed by atoms with E-state index in [0.29, 0.717) is 18.1 Å². The van der Waals surface area contributed by atoms with Gasteiger partial charge >= 0.3 is 12.1 Å². The van der Waals surface area contributed by atoms with Gasteiger partial charge in [-0.2, -0.15) is 10.2 Å². The number of rotatable bonds is 10. The molecule has 4 aromatic heterocycles. The number of piperidine rings is 2. The summed E-state index contributed by atoms with van der Waals surface area (Å²) in [5.74, 6) is 0.449. The highest BCUT2D eigenvalue weighted by Gasteiger charge is 2.35. The Hall–Kier alpha value is -6.43. The summed E-state index contributed by atoms with van der Waals surface area (Å²) in [7, 11) is -7.07. The molecule has 10 rings (SSSR count). The van der Waals surface area contributed by atoms with Crippen molar-refractivity contribution in [2.75, 3.05) is 71.0 Å². The Balaban J connectivity index is 0.000000163. The smallest absolute Gasteiger partial charge is 0.410 e. The van der Waals surface area contributed by atoms with Gasteiger partial charge in [-0.15, -0.1) is 0 Å². The van der Waals surface area contributed by atoms with Crippen molar-refractivity contribution in [3.05, 3.63) is 105 Å². The first-order valence-corrected chi connectivity index (χ1v) is 29.7. The van der Waals surface area contributed by atoms with Gasteiger partial charge in [-0.25, -0.2) is 45.4 Å². The molecule has 4 aliphatic rings. The fraction of sp³-hybridized carbons (Fsp3) is 0.471. The van der Waals surface area contributed by atoms with E-state index < -0.39 is 31.6 Å². The van der Waals surface area contributed by atoms with Crippen LogP contribution in [0.1, 0.15) is 128 Å². The van der Waals surface area contributed by atoms with Crippen molar-refractivity contribution >= 4 is 95.5 Å². The second-order valence-electron chi connectivity index (χ2n) is 20.5. The quantitative estimate of drug-likeness (QED) is 0.116. The summed E-state index contributed by atoms with van der Waals surface area (Å²) in [6, 6.07) is 16.3. The third kappa shape index (κ3) is 13.6. The second-order valence-corrected chi connectivity index (χ2v) is 24.9. The summed E-state index contributed by atoms with van der Waals surface area (Å²) >= 11 is 11.8. The van der Waals surface area contributed by atoms with Gasteiger partial charge in [0.15, 0.2) is 11.3 Å². The number of nitrogens with zero attached hydrogens (tertiary/aromatic N) is 10. The van der Waals surface area contributed by atoms with E-state index in [1.807, 2.05) is 59.8 Å². The Morgan fingerprint density at radius 3 is 1.47 bits per heavy atom. The third-order valence-electron chi connectivity index (χ3n) is 13.2. The van der Waals surface area contributed by atoms with E-state index in [2.05, 4.69) is 32.2 Å². The van der Waals surface area contributed by atoms with Gasteiger partial charge in [0.25, 0.3) is 5.91 Å². The van der Waals surface area contributed by atoms with Crippen LogP contribution in [0, 0.1) is 13.8 Å². The zero-order chi connectivity index (χ0) is 54.9. The first kappa shape index (κ1) is 55.8. The van der Waals surface area contributed by atoms with E-state index in [4.69, 9.17) is 53.2 Å². The molecule has 408 valence electrons. The highest BCUT2D eigenvalue weighted by atomic mass is 35.5. The Bertz CT molecular complexity index is 3390. The molecule has 21 nitrogen and oxygen atoms in total. The van der Waals surface area contributed by atoms with Crippen LogP contribution in [0.3, 0.4) is 0 Å². The van der Waals surface area contributed by atoms with Crippen LogP contribution in [0.5, 0.6) is 0 Å². The highest BCUT2D eigenvalue weighted by Crippen LogP contribution is 2.36. The number of halogens is 2. The molecule has 25 heteroatoms. The van der Waals surface area contributed by atoms with E-state index in [-0.39, 0.29) is 51.6 Å². The SMILES string of the molecule is CS(=O)(=O)Nc1ccc(Cl)cc1C(=O)O.Cc1cc(N2CCC2)nc2cc([C@@H]3CCCCN3C(=O)OC(C)(C)C)nn12.Cc1cc(N2CCC2)nc2cc([C@@H]3CCCCN3C(=O)c3cc(Cl)ccc3NS(C)(=O)=O)nn12. The van der Waals surface area contributed by atoms with Crippen LogP contribution >= 0.6 is 23.2 Å². The zero-order valence-corrected chi connectivity index (χ0v) is 46.7. The van der Waals surface area contributed by atoms with Crippen molar-refractivity contribution in [3.8, 4) is 0 Å². The van der Waals surface area contributed by atoms with Crippen LogP contribution in [-0.2, 0) is 24.8 Å². The summed E-state index contributed by atoms with van der Waals surface area (Å²) in [5, 5.41) is 19.0. The number of aryl methyl sites for hydroxylation is 2. The normalized spacial score (nSPS) is 17.9. The molecule has 6 aromatic rings. The van der Waals surface area contributed by atoms with Crippen LogP contribution in [-0.4, -0.2) is 136 Å². The van der Waals surface area contributed by atoms with Crippen molar-refractivity contribution in [3.63, 3.8) is 0 Å². The monoisotopic (exact) mass is 1120 g/mol. The number of carboxylic acids is 1. The third-order valence-corrected chi connectivity index (χ3v) is 14.8. The van der Waals surface area contributed by atoms with E-state index in [1.165, 1.54) is 43.2 Å². The van der Waals surface area contributed by atoms with Gasteiger partial charge in [-0.1, -0.05) is 23.2 Å². The lowest BCUT2D eigenvalue weighted by Crippen LogP contribution is -2.42. The predicted molar refractivity (Wildman–Crippen MR) is 293 cm³/mol. The van der Waals surface area contributed by atoms with Gasteiger partial charge in [0.2, 0.25) is 20.0 Å². The van der Waals surface area contributed by atoms with Crippen molar-refractivity contribution in [1.82, 2.24) is 39.0 Å². The zero-order valence-electron chi connectivity index (χ0n) is 43.6. The number of carbonyl (C=O) groups is 3. The topological polar surface area (TPSA) is 246 Å². The minimum absolute atomic E-state index is 0.00519. The largest absolute Gasteiger partial charge is 0.478 e. The lowest BCUT2D eigenvalue weighted by Gasteiger charge is -2.35. The minimum Gasteiger partial charge on any atom is -0.478 e. The molecule has 4 saturated heterocycles. The van der Waals surface area contributed by atoms with Crippen molar-refractivity contribution in [2.45, 2.75) is 104 Å². The number of likely N-dealkylation sites (tertiary alicyclic amines) is 2. The Kier molecular flexibility index (Phi) is 16.6. The van der Waals surface area contributed by atoms with E-state index in [1.54, 1.807) is 11.0 Å². The number of nitrogens with one attached hydrogen (secondary N) is 2. The van der Waals surface area contributed by atoms with Gasteiger partial charge in [-0.05, 0) is 122 Å². The molecule has 2 amide bonds. The molecule has 3 N–H and O–H groups in total. The average Bonchev–Trinajstić information content (AvgIpc) is 3.94. The fourth-order valence-corrected chi connectivity index (χ4v) is 10.9. The molecule has 2 aromatic carbocycles. The number of hydrogen-bond donors (Lipinski definition) is 3. The second kappa shape index (κ2) is 22.6. The summed E-state index contributed by atoms with van der Waals surface area (Å²) in [6.07, 6.45) is 9.73. The van der Waals surface area contributed by atoms with Crippen LogP contribution in [0.15, 0.2) is 60.7 Å². The number of aromatic carboxylic acids is 1. The molecule has 0 bridgehead atoms. The number of sulfonamides is 2. The lowest BCUT2D eigenvalue weighted by molar-refractivity contribution is 0.00893. The van der Waals surface area contributed by atoms with Crippen LogP contribution in [0.2, 0.25) is 10.0 Å². The Morgan fingerprint density at radius 1 is 0.618 bits per heavy atom. The molecule has 4 fully saturated rings. The molecular formula is C51H64Cl2N12O9S2. The molecule has 4 aliphatic heterocycles. The molecule has 8 heterocycles. The number of hydrogen-bond acceptors (Lipinski definition) is 14. The van der Waals surface area contributed by atoms with Crippen molar-refractivity contribution < 1.29 is 41.1 Å².